The second-order valence-electron chi connectivity index (χ2n) is 6.17. The molecule has 2 aliphatic heterocycles. The quantitative estimate of drug-likeness (QED) is 0.864. The van der Waals surface area contributed by atoms with Crippen LogP contribution in [0.25, 0.3) is 0 Å². The Labute approximate surface area is 133 Å². The molecule has 23 heavy (non-hydrogen) atoms. The van der Waals surface area contributed by atoms with Crippen molar-refractivity contribution >= 4 is 17.6 Å². The molecule has 0 aromatic heterocycles. The van der Waals surface area contributed by atoms with Crippen molar-refractivity contribution in [3.8, 4) is 0 Å². The van der Waals surface area contributed by atoms with Crippen molar-refractivity contribution in [3.05, 3.63) is 29.8 Å². The monoisotopic (exact) mass is 323 g/mol. The van der Waals surface area contributed by atoms with Crippen LogP contribution in [0.15, 0.2) is 18.2 Å². The lowest BCUT2D eigenvalue weighted by Gasteiger charge is -2.43. The zero-order chi connectivity index (χ0) is 16.6. The molecule has 2 saturated heterocycles. The van der Waals surface area contributed by atoms with Crippen molar-refractivity contribution in [2.45, 2.75) is 31.2 Å². The van der Waals surface area contributed by atoms with E-state index in [0.29, 0.717) is 25.9 Å². The molecule has 3 rings (SSSR count). The van der Waals surface area contributed by atoms with Crippen molar-refractivity contribution in [2.24, 2.45) is 0 Å². The van der Waals surface area contributed by atoms with Crippen LogP contribution in [0.4, 0.5) is 19.3 Å². The maximum Gasteiger partial charge on any atom is 0.322 e. The Morgan fingerprint density at radius 2 is 1.91 bits per heavy atom. The maximum atomic E-state index is 13.7. The number of hydrogen-bond acceptors (Lipinski definition) is 2. The number of likely N-dealkylation sites (N-methyl/N-ethyl adjacent to an activating group) is 1. The standard InChI is InChI=1S/C16H19F2N3O2/c1-20-8-2-6-16(14(20)22)7-3-9-21(16)15(23)19-13-5-4-11(17)10-12(13)18/h4-5,10H,2-3,6-9H2,1H3,(H,19,23). The number of likely N-dealkylation sites (tertiary alicyclic amines) is 2. The summed E-state index contributed by atoms with van der Waals surface area (Å²) in [6, 6.07) is 2.46. The van der Waals surface area contributed by atoms with Crippen molar-refractivity contribution in [1.29, 1.82) is 0 Å². The van der Waals surface area contributed by atoms with Crippen molar-refractivity contribution in [3.63, 3.8) is 0 Å². The molecule has 5 nitrogen and oxygen atoms in total. The van der Waals surface area contributed by atoms with E-state index in [-0.39, 0.29) is 11.6 Å². The first-order valence-corrected chi connectivity index (χ1v) is 7.73. The van der Waals surface area contributed by atoms with E-state index < -0.39 is 23.2 Å². The van der Waals surface area contributed by atoms with E-state index >= 15 is 0 Å². The number of hydrogen-bond donors (Lipinski definition) is 1. The van der Waals surface area contributed by atoms with Crippen molar-refractivity contribution in [1.82, 2.24) is 9.80 Å². The fraction of sp³-hybridized carbons (Fsp3) is 0.500. The molecule has 2 heterocycles. The predicted molar refractivity (Wildman–Crippen MR) is 80.9 cm³/mol. The summed E-state index contributed by atoms with van der Waals surface area (Å²) in [7, 11) is 1.73. The highest BCUT2D eigenvalue weighted by Crippen LogP contribution is 2.38. The molecule has 1 spiro atoms. The molecule has 2 fully saturated rings. The summed E-state index contributed by atoms with van der Waals surface area (Å²) < 4.78 is 26.7. The topological polar surface area (TPSA) is 52.6 Å². The van der Waals surface area contributed by atoms with Crippen molar-refractivity contribution in [2.75, 3.05) is 25.5 Å². The number of nitrogens with zero attached hydrogens (tertiary/aromatic N) is 2. The van der Waals surface area contributed by atoms with Gasteiger partial charge in [-0.2, -0.15) is 0 Å². The Morgan fingerprint density at radius 3 is 2.61 bits per heavy atom. The van der Waals surface area contributed by atoms with Gasteiger partial charge in [0.15, 0.2) is 0 Å². The van der Waals surface area contributed by atoms with Gasteiger partial charge in [-0.1, -0.05) is 0 Å². The number of rotatable bonds is 1. The third-order valence-corrected chi connectivity index (χ3v) is 4.74. The molecule has 2 aliphatic rings. The third kappa shape index (κ3) is 2.64. The minimum Gasteiger partial charge on any atom is -0.344 e. The van der Waals surface area contributed by atoms with Gasteiger partial charge < -0.3 is 15.1 Å². The Balaban J connectivity index is 1.82. The lowest BCUT2D eigenvalue weighted by Crippen LogP contribution is -2.61. The normalized spacial score (nSPS) is 24.4. The first-order valence-electron chi connectivity index (χ1n) is 7.73. The summed E-state index contributed by atoms with van der Waals surface area (Å²) in [6.45, 7) is 1.14. The summed E-state index contributed by atoms with van der Waals surface area (Å²) in [6.07, 6.45) is 2.81. The summed E-state index contributed by atoms with van der Waals surface area (Å²) in [5, 5.41) is 2.46. The average molecular weight is 323 g/mol. The van der Waals surface area contributed by atoms with Gasteiger partial charge in [0.1, 0.15) is 17.2 Å². The predicted octanol–water partition coefficient (Wildman–Crippen LogP) is 2.58. The molecule has 0 bridgehead atoms. The van der Waals surface area contributed by atoms with Crippen LogP contribution in [0.1, 0.15) is 25.7 Å². The average Bonchev–Trinajstić information content (AvgIpc) is 2.92. The van der Waals surface area contributed by atoms with Gasteiger partial charge in [-0.05, 0) is 37.8 Å². The van der Waals surface area contributed by atoms with Crippen LogP contribution >= 0.6 is 0 Å². The summed E-state index contributed by atoms with van der Waals surface area (Å²) >= 11 is 0. The molecule has 1 aromatic carbocycles. The van der Waals surface area contributed by atoms with Crippen LogP contribution < -0.4 is 5.32 Å². The lowest BCUT2D eigenvalue weighted by molar-refractivity contribution is -0.143. The minimum atomic E-state index is -0.835. The number of anilines is 1. The SMILES string of the molecule is CN1CCCC2(CCCN2C(=O)Nc2ccc(F)cc2F)C1=O. The number of amides is 3. The molecule has 0 radical (unpaired) electrons. The highest BCUT2D eigenvalue weighted by atomic mass is 19.1. The van der Waals surface area contributed by atoms with Gasteiger partial charge in [0.25, 0.3) is 0 Å². The molecule has 7 heteroatoms. The maximum absolute atomic E-state index is 13.7. The fourth-order valence-corrected chi connectivity index (χ4v) is 3.60. The van der Waals surface area contributed by atoms with E-state index in [2.05, 4.69) is 5.32 Å². The third-order valence-electron chi connectivity index (χ3n) is 4.74. The van der Waals surface area contributed by atoms with Gasteiger partial charge in [-0.15, -0.1) is 0 Å². The second kappa shape index (κ2) is 5.79. The van der Waals surface area contributed by atoms with E-state index in [0.717, 1.165) is 25.0 Å². The molecular formula is C16H19F2N3O2. The highest BCUT2D eigenvalue weighted by molar-refractivity contribution is 5.97. The molecule has 1 unspecified atom stereocenters. The Hall–Kier alpha value is -2.18. The van der Waals surface area contributed by atoms with Crippen LogP contribution in [0.3, 0.4) is 0 Å². The van der Waals surface area contributed by atoms with E-state index in [4.69, 9.17) is 0 Å². The zero-order valence-electron chi connectivity index (χ0n) is 12.9. The molecule has 0 aliphatic carbocycles. The highest BCUT2D eigenvalue weighted by Gasteiger charge is 2.52. The molecule has 3 amide bonds. The Morgan fingerprint density at radius 1 is 1.22 bits per heavy atom. The minimum absolute atomic E-state index is 0.0593. The number of urea groups is 1. The summed E-state index contributed by atoms with van der Waals surface area (Å²) in [5.41, 5.74) is -0.914. The number of halogens is 2. The Kier molecular flexibility index (Phi) is 3.95. The van der Waals surface area contributed by atoms with Crippen LogP contribution in [-0.2, 0) is 4.79 Å². The number of carbonyl (C=O) groups excluding carboxylic acids is 2. The van der Waals surface area contributed by atoms with E-state index in [1.165, 1.54) is 11.0 Å². The van der Waals surface area contributed by atoms with E-state index in [1.807, 2.05) is 0 Å². The first-order chi connectivity index (χ1) is 10.9. The van der Waals surface area contributed by atoms with Gasteiger partial charge in [0, 0.05) is 26.2 Å². The van der Waals surface area contributed by atoms with Crippen LogP contribution in [0.2, 0.25) is 0 Å². The van der Waals surface area contributed by atoms with Crippen LogP contribution in [0, 0.1) is 11.6 Å². The van der Waals surface area contributed by atoms with Gasteiger partial charge in [0.05, 0.1) is 5.69 Å². The second-order valence-corrected chi connectivity index (χ2v) is 6.17. The molecule has 1 N–H and O–H groups in total. The summed E-state index contributed by atoms with van der Waals surface area (Å²) in [4.78, 5) is 28.3. The lowest BCUT2D eigenvalue weighted by atomic mass is 9.86. The largest absolute Gasteiger partial charge is 0.344 e. The van der Waals surface area contributed by atoms with E-state index in [1.54, 1.807) is 11.9 Å². The zero-order valence-corrected chi connectivity index (χ0v) is 12.9. The first kappa shape index (κ1) is 15.7. The molecule has 1 atom stereocenters. The van der Waals surface area contributed by atoms with E-state index in [9.17, 15) is 18.4 Å². The van der Waals surface area contributed by atoms with Gasteiger partial charge in [0.2, 0.25) is 5.91 Å². The number of nitrogens with one attached hydrogen (secondary N) is 1. The van der Waals surface area contributed by atoms with Gasteiger partial charge in [-0.25, -0.2) is 13.6 Å². The number of carbonyl (C=O) groups is 2. The molecule has 1 aromatic rings. The van der Waals surface area contributed by atoms with Crippen LogP contribution in [0.5, 0.6) is 0 Å². The molecule has 124 valence electrons. The fourth-order valence-electron chi connectivity index (χ4n) is 3.60. The Bertz CT molecular complexity index is 652. The van der Waals surface area contributed by atoms with Crippen LogP contribution in [-0.4, -0.2) is 47.4 Å². The smallest absolute Gasteiger partial charge is 0.322 e. The summed E-state index contributed by atoms with van der Waals surface area (Å²) in [5.74, 6) is -1.60. The number of piperidine rings is 1. The van der Waals surface area contributed by atoms with Gasteiger partial charge in [-0.3, -0.25) is 4.79 Å². The molecular weight excluding hydrogens is 304 g/mol. The van der Waals surface area contributed by atoms with Crippen molar-refractivity contribution < 1.29 is 18.4 Å². The molecule has 0 saturated carbocycles. The van der Waals surface area contributed by atoms with Gasteiger partial charge >= 0.3 is 6.03 Å². The number of benzene rings is 1.